The van der Waals surface area contributed by atoms with Crippen LogP contribution in [0.15, 0.2) is 65.1 Å². The van der Waals surface area contributed by atoms with E-state index < -0.39 is 5.97 Å². The van der Waals surface area contributed by atoms with Crippen LogP contribution in [-0.2, 0) is 0 Å². The zero-order chi connectivity index (χ0) is 16.2. The molecule has 5 heteroatoms. The Morgan fingerprint density at radius 3 is 2.35 bits per heavy atom. The Labute approximate surface area is 142 Å². The molecule has 0 fully saturated rings. The van der Waals surface area contributed by atoms with Gasteiger partial charge in [-0.2, -0.15) is 0 Å². The highest BCUT2D eigenvalue weighted by Crippen LogP contribution is 2.20. The van der Waals surface area contributed by atoms with Gasteiger partial charge in [-0.1, -0.05) is 42.0 Å². The minimum Gasteiger partial charge on any atom is -0.402 e. The third-order valence-electron chi connectivity index (χ3n) is 3.28. The lowest BCUT2D eigenvalue weighted by Gasteiger charge is -2.05. The fourth-order valence-corrected chi connectivity index (χ4v) is 2.48. The molecule has 0 atom stereocenters. The van der Waals surface area contributed by atoms with Crippen molar-refractivity contribution in [3.05, 3.63) is 76.3 Å². The topological polar surface area (TPSA) is 52.1 Å². The predicted octanol–water partition coefficient (Wildman–Crippen LogP) is 4.43. The zero-order valence-electron chi connectivity index (χ0n) is 12.4. The average molecular weight is 369 g/mol. The number of aromatic nitrogens is 2. The van der Waals surface area contributed by atoms with Gasteiger partial charge in [0, 0.05) is 16.1 Å². The first kappa shape index (κ1) is 15.4. The van der Waals surface area contributed by atoms with Gasteiger partial charge in [0.2, 0.25) is 5.88 Å². The summed E-state index contributed by atoms with van der Waals surface area (Å²) in [5.74, 6) is -0.309. The standard InChI is InChI=1S/C18H13BrN2O2/c1-12-6-8-13(9-7-12)16-10-11-17(21-20-16)23-18(22)14-4-2-3-5-15(14)19/h2-11H,1H3. The Balaban J connectivity index is 1.76. The van der Waals surface area contributed by atoms with Crippen molar-refractivity contribution in [2.75, 3.05) is 0 Å². The van der Waals surface area contributed by atoms with E-state index >= 15 is 0 Å². The summed E-state index contributed by atoms with van der Waals surface area (Å²) in [5, 5.41) is 8.07. The highest BCUT2D eigenvalue weighted by Gasteiger charge is 2.13. The third-order valence-corrected chi connectivity index (χ3v) is 3.97. The normalized spacial score (nSPS) is 10.3. The summed E-state index contributed by atoms with van der Waals surface area (Å²) in [5.41, 5.74) is 3.31. The Hall–Kier alpha value is -2.53. The lowest BCUT2D eigenvalue weighted by Crippen LogP contribution is -2.10. The number of aryl methyl sites for hydroxylation is 1. The number of benzene rings is 2. The smallest absolute Gasteiger partial charge is 0.346 e. The Kier molecular flexibility index (Phi) is 4.48. The number of carbonyl (C=O) groups is 1. The fraction of sp³-hybridized carbons (Fsp3) is 0.0556. The number of rotatable bonds is 3. The van der Waals surface area contributed by atoms with E-state index in [1.165, 1.54) is 5.56 Å². The number of nitrogens with zero attached hydrogens (tertiary/aromatic N) is 2. The fourth-order valence-electron chi connectivity index (χ4n) is 2.03. The van der Waals surface area contributed by atoms with Crippen LogP contribution >= 0.6 is 15.9 Å². The Bertz CT molecular complexity index is 830. The average Bonchev–Trinajstić information content (AvgIpc) is 2.57. The number of hydrogen-bond acceptors (Lipinski definition) is 4. The van der Waals surface area contributed by atoms with Crippen molar-refractivity contribution < 1.29 is 9.53 Å². The van der Waals surface area contributed by atoms with Gasteiger partial charge in [0.05, 0.1) is 11.3 Å². The van der Waals surface area contributed by atoms with Gasteiger partial charge in [-0.25, -0.2) is 4.79 Å². The predicted molar refractivity (Wildman–Crippen MR) is 91.3 cm³/mol. The molecule has 0 bridgehead atoms. The van der Waals surface area contributed by atoms with E-state index in [-0.39, 0.29) is 5.88 Å². The number of ether oxygens (including phenoxy) is 1. The van der Waals surface area contributed by atoms with Crippen LogP contribution < -0.4 is 4.74 Å². The Morgan fingerprint density at radius 1 is 0.957 bits per heavy atom. The second kappa shape index (κ2) is 6.71. The quantitative estimate of drug-likeness (QED) is 0.641. The summed E-state index contributed by atoms with van der Waals surface area (Å²) >= 11 is 3.32. The van der Waals surface area contributed by atoms with Crippen molar-refractivity contribution in [1.29, 1.82) is 0 Å². The lowest BCUT2D eigenvalue weighted by molar-refractivity contribution is 0.0725. The summed E-state index contributed by atoms with van der Waals surface area (Å²) < 4.78 is 5.92. The molecule has 0 aliphatic rings. The molecule has 1 heterocycles. The van der Waals surface area contributed by atoms with Crippen molar-refractivity contribution in [3.8, 4) is 17.1 Å². The van der Waals surface area contributed by atoms with E-state index in [2.05, 4.69) is 26.1 Å². The maximum atomic E-state index is 12.1. The number of halogens is 1. The molecule has 0 saturated heterocycles. The van der Waals surface area contributed by atoms with E-state index in [9.17, 15) is 4.79 Å². The molecule has 23 heavy (non-hydrogen) atoms. The molecular formula is C18H13BrN2O2. The number of hydrogen-bond donors (Lipinski definition) is 0. The molecule has 0 aliphatic heterocycles. The van der Waals surface area contributed by atoms with Crippen LogP contribution in [0.4, 0.5) is 0 Å². The second-order valence-electron chi connectivity index (χ2n) is 4.99. The van der Waals surface area contributed by atoms with Crippen molar-refractivity contribution in [2.45, 2.75) is 6.92 Å². The molecule has 4 nitrogen and oxygen atoms in total. The third kappa shape index (κ3) is 3.63. The molecule has 1 aromatic heterocycles. The van der Waals surface area contributed by atoms with Crippen molar-refractivity contribution in [2.24, 2.45) is 0 Å². The zero-order valence-corrected chi connectivity index (χ0v) is 13.9. The first-order valence-corrected chi connectivity index (χ1v) is 7.80. The molecule has 0 spiro atoms. The van der Waals surface area contributed by atoms with Gasteiger partial charge in [-0.05, 0) is 41.1 Å². The molecule has 2 aromatic carbocycles. The summed E-state index contributed by atoms with van der Waals surface area (Å²) in [7, 11) is 0. The molecule has 0 aliphatic carbocycles. The van der Waals surface area contributed by atoms with Gasteiger partial charge in [-0.3, -0.25) is 0 Å². The summed E-state index contributed by atoms with van der Waals surface area (Å²) in [6.45, 7) is 2.03. The van der Waals surface area contributed by atoms with Crippen molar-refractivity contribution >= 4 is 21.9 Å². The van der Waals surface area contributed by atoms with Crippen LogP contribution in [0.5, 0.6) is 5.88 Å². The van der Waals surface area contributed by atoms with Crippen LogP contribution in [-0.4, -0.2) is 16.2 Å². The largest absolute Gasteiger partial charge is 0.402 e. The van der Waals surface area contributed by atoms with E-state index in [0.29, 0.717) is 10.0 Å². The first-order valence-electron chi connectivity index (χ1n) is 7.01. The van der Waals surface area contributed by atoms with Crippen LogP contribution in [0, 0.1) is 6.92 Å². The van der Waals surface area contributed by atoms with Crippen LogP contribution in [0.1, 0.15) is 15.9 Å². The van der Waals surface area contributed by atoms with Gasteiger partial charge >= 0.3 is 5.97 Å². The highest BCUT2D eigenvalue weighted by atomic mass is 79.9. The van der Waals surface area contributed by atoms with E-state index in [4.69, 9.17) is 4.74 Å². The number of esters is 1. The second-order valence-corrected chi connectivity index (χ2v) is 5.85. The minimum atomic E-state index is -0.477. The van der Waals surface area contributed by atoms with Gasteiger partial charge in [0.15, 0.2) is 0 Å². The molecule has 114 valence electrons. The van der Waals surface area contributed by atoms with Crippen LogP contribution in [0.25, 0.3) is 11.3 Å². The minimum absolute atomic E-state index is 0.168. The molecule has 3 aromatic rings. The van der Waals surface area contributed by atoms with Crippen LogP contribution in [0.2, 0.25) is 0 Å². The SMILES string of the molecule is Cc1ccc(-c2ccc(OC(=O)c3ccccc3Br)nn2)cc1. The van der Waals surface area contributed by atoms with Crippen LogP contribution in [0.3, 0.4) is 0 Å². The van der Waals surface area contributed by atoms with Gasteiger partial charge in [0.25, 0.3) is 0 Å². The Morgan fingerprint density at radius 2 is 1.70 bits per heavy atom. The molecule has 0 unspecified atom stereocenters. The lowest BCUT2D eigenvalue weighted by atomic mass is 10.1. The molecule has 3 rings (SSSR count). The maximum Gasteiger partial charge on any atom is 0.346 e. The molecule has 0 saturated carbocycles. The summed E-state index contributed by atoms with van der Waals surface area (Å²) in [4.78, 5) is 12.1. The van der Waals surface area contributed by atoms with Gasteiger partial charge in [-0.15, -0.1) is 10.2 Å². The molecule has 0 N–H and O–H groups in total. The van der Waals surface area contributed by atoms with Gasteiger partial charge < -0.3 is 4.74 Å². The molecular weight excluding hydrogens is 356 g/mol. The van der Waals surface area contributed by atoms with Crippen molar-refractivity contribution in [3.63, 3.8) is 0 Å². The van der Waals surface area contributed by atoms with Gasteiger partial charge in [0.1, 0.15) is 0 Å². The maximum absolute atomic E-state index is 12.1. The molecule has 0 radical (unpaired) electrons. The monoisotopic (exact) mass is 368 g/mol. The van der Waals surface area contributed by atoms with E-state index in [1.54, 1.807) is 30.3 Å². The first-order chi connectivity index (χ1) is 11.1. The highest BCUT2D eigenvalue weighted by molar-refractivity contribution is 9.10. The molecule has 0 amide bonds. The summed E-state index contributed by atoms with van der Waals surface area (Å²) in [6, 6.07) is 18.5. The summed E-state index contributed by atoms with van der Waals surface area (Å²) in [6.07, 6.45) is 0. The number of carbonyl (C=O) groups excluding carboxylic acids is 1. The van der Waals surface area contributed by atoms with Crippen molar-refractivity contribution in [1.82, 2.24) is 10.2 Å². The van der Waals surface area contributed by atoms with E-state index in [0.717, 1.165) is 11.3 Å². The van der Waals surface area contributed by atoms with E-state index in [1.807, 2.05) is 37.3 Å².